The first-order chi connectivity index (χ1) is 15.6. The molecule has 2 aromatic carbocycles. The predicted octanol–water partition coefficient (Wildman–Crippen LogP) is 3.95. The quantitative estimate of drug-likeness (QED) is 0.368. The predicted molar refractivity (Wildman–Crippen MR) is 119 cm³/mol. The average Bonchev–Trinajstić information content (AvgIpc) is 3.46. The van der Waals surface area contributed by atoms with Gasteiger partial charge in [-0.1, -0.05) is 28.9 Å². The summed E-state index contributed by atoms with van der Waals surface area (Å²) in [6.07, 6.45) is 8.05. The number of hydrogen-bond donors (Lipinski definition) is 0. The number of benzene rings is 2. The fourth-order valence-corrected chi connectivity index (χ4v) is 3.65. The van der Waals surface area contributed by atoms with Gasteiger partial charge in [0, 0.05) is 46.6 Å². The van der Waals surface area contributed by atoms with Crippen molar-refractivity contribution < 1.29 is 9.53 Å². The van der Waals surface area contributed by atoms with Crippen LogP contribution in [0.25, 0.3) is 16.7 Å². The van der Waals surface area contributed by atoms with Crippen LogP contribution in [0, 0.1) is 0 Å². The van der Waals surface area contributed by atoms with Crippen molar-refractivity contribution in [2.75, 3.05) is 7.11 Å². The number of ketones is 1. The fraction of sp³-hybridized carbons (Fsp3) is 0.0870. The molecule has 0 N–H and O–H groups in total. The number of carbonyl (C=O) groups excluding carboxylic acids is 1. The van der Waals surface area contributed by atoms with Crippen molar-refractivity contribution in [3.8, 4) is 11.6 Å². The summed E-state index contributed by atoms with van der Waals surface area (Å²) in [6, 6.07) is 13.3. The van der Waals surface area contributed by atoms with E-state index in [0.29, 0.717) is 28.7 Å². The Balaban J connectivity index is 1.56. The lowest BCUT2D eigenvalue weighted by atomic mass is 10.1. The number of fused-ring (bicyclic) bond motifs is 1. The van der Waals surface area contributed by atoms with E-state index in [0.717, 1.165) is 16.5 Å². The van der Waals surface area contributed by atoms with E-state index in [4.69, 9.17) is 16.3 Å². The molecule has 0 spiro atoms. The molecule has 0 aliphatic rings. The van der Waals surface area contributed by atoms with Crippen molar-refractivity contribution in [1.29, 1.82) is 0 Å². The molecule has 0 radical (unpaired) electrons. The minimum absolute atomic E-state index is 0.212. The third-order valence-electron chi connectivity index (χ3n) is 5.11. The molecule has 5 aromatic rings. The van der Waals surface area contributed by atoms with Gasteiger partial charge >= 0.3 is 0 Å². The van der Waals surface area contributed by atoms with Gasteiger partial charge in [-0.2, -0.15) is 0 Å². The molecule has 0 aliphatic heterocycles. The first kappa shape index (κ1) is 19.9. The zero-order valence-corrected chi connectivity index (χ0v) is 17.8. The molecule has 3 heterocycles. The molecular formula is C23H17ClN6O2. The summed E-state index contributed by atoms with van der Waals surface area (Å²) >= 11 is 6.01. The lowest BCUT2D eigenvalue weighted by Crippen LogP contribution is -2.02. The second-order valence-corrected chi connectivity index (χ2v) is 7.56. The van der Waals surface area contributed by atoms with Crippen LogP contribution in [0.3, 0.4) is 0 Å². The molecule has 3 aromatic heterocycles. The van der Waals surface area contributed by atoms with Gasteiger partial charge < -0.3 is 9.30 Å². The molecule has 0 bridgehead atoms. The molecule has 0 aliphatic carbocycles. The lowest BCUT2D eigenvalue weighted by molar-refractivity contribution is 0.103. The topological polar surface area (TPSA) is 87.7 Å². The Bertz CT molecular complexity index is 1410. The van der Waals surface area contributed by atoms with Crippen LogP contribution in [-0.2, 0) is 6.54 Å². The Morgan fingerprint density at radius 1 is 1.09 bits per heavy atom. The van der Waals surface area contributed by atoms with E-state index in [-0.39, 0.29) is 11.5 Å². The van der Waals surface area contributed by atoms with Crippen LogP contribution in [0.4, 0.5) is 0 Å². The molecule has 5 rings (SSSR count). The fourth-order valence-electron chi connectivity index (χ4n) is 3.53. The molecule has 0 atom stereocenters. The Morgan fingerprint density at radius 3 is 2.69 bits per heavy atom. The number of carbonyl (C=O) groups is 1. The minimum atomic E-state index is -0.242. The first-order valence-electron chi connectivity index (χ1n) is 9.77. The van der Waals surface area contributed by atoms with Crippen LogP contribution >= 0.6 is 11.6 Å². The van der Waals surface area contributed by atoms with Gasteiger partial charge in [-0.25, -0.2) is 9.67 Å². The summed E-state index contributed by atoms with van der Waals surface area (Å²) in [7, 11) is 1.60. The number of hydrogen-bond acceptors (Lipinski definition) is 6. The second kappa shape index (κ2) is 8.24. The maximum Gasteiger partial charge on any atom is 0.217 e. The van der Waals surface area contributed by atoms with E-state index in [2.05, 4.69) is 20.3 Å². The van der Waals surface area contributed by atoms with Gasteiger partial charge in [0.1, 0.15) is 5.75 Å². The van der Waals surface area contributed by atoms with Crippen LogP contribution in [0.15, 0.2) is 73.4 Å². The van der Waals surface area contributed by atoms with Crippen LogP contribution in [-0.4, -0.2) is 42.4 Å². The molecule has 0 fully saturated rings. The molecule has 0 saturated carbocycles. The molecule has 0 amide bonds. The van der Waals surface area contributed by atoms with Gasteiger partial charge in [0.05, 0.1) is 19.5 Å². The number of nitrogens with zero attached hydrogens (tertiary/aromatic N) is 6. The SMILES string of the molecule is COc1ccc2c(c1)c(C(=O)c1cn(-c3cnccn3)nn1)cn2Cc1ccc(Cl)cc1. The van der Waals surface area contributed by atoms with E-state index >= 15 is 0 Å². The highest BCUT2D eigenvalue weighted by atomic mass is 35.5. The van der Waals surface area contributed by atoms with Gasteiger partial charge in [-0.05, 0) is 35.9 Å². The van der Waals surface area contributed by atoms with Crippen molar-refractivity contribution in [1.82, 2.24) is 29.5 Å². The van der Waals surface area contributed by atoms with Crippen molar-refractivity contribution in [3.63, 3.8) is 0 Å². The number of ether oxygens (including phenoxy) is 1. The highest BCUT2D eigenvalue weighted by Gasteiger charge is 2.21. The van der Waals surface area contributed by atoms with Crippen molar-refractivity contribution >= 4 is 28.3 Å². The smallest absolute Gasteiger partial charge is 0.217 e. The van der Waals surface area contributed by atoms with E-state index in [9.17, 15) is 4.79 Å². The van der Waals surface area contributed by atoms with E-state index in [1.54, 1.807) is 31.9 Å². The Hall–Kier alpha value is -4.04. The molecular weight excluding hydrogens is 428 g/mol. The monoisotopic (exact) mass is 444 g/mol. The van der Waals surface area contributed by atoms with Gasteiger partial charge in [0.2, 0.25) is 5.78 Å². The summed E-state index contributed by atoms with van der Waals surface area (Å²) in [4.78, 5) is 21.6. The summed E-state index contributed by atoms with van der Waals surface area (Å²) in [6.45, 7) is 0.583. The van der Waals surface area contributed by atoms with Gasteiger partial charge in [-0.15, -0.1) is 5.10 Å². The maximum atomic E-state index is 13.4. The standard InChI is InChI=1S/C23H17ClN6O2/c1-32-17-6-7-21-18(10-17)19(13-29(21)12-15-2-4-16(24)5-3-15)23(31)20-14-30(28-27-20)22-11-25-8-9-26-22/h2-11,13-14H,12H2,1H3. The number of aromatic nitrogens is 6. The van der Waals surface area contributed by atoms with Gasteiger partial charge in [-0.3, -0.25) is 9.78 Å². The molecule has 0 saturated heterocycles. The average molecular weight is 445 g/mol. The van der Waals surface area contributed by atoms with Crippen LogP contribution in [0.1, 0.15) is 21.6 Å². The normalized spacial score (nSPS) is 11.1. The maximum absolute atomic E-state index is 13.4. The largest absolute Gasteiger partial charge is 0.497 e. The summed E-state index contributed by atoms with van der Waals surface area (Å²) < 4.78 is 8.83. The molecule has 32 heavy (non-hydrogen) atoms. The lowest BCUT2D eigenvalue weighted by Gasteiger charge is -2.06. The van der Waals surface area contributed by atoms with Crippen molar-refractivity contribution in [2.24, 2.45) is 0 Å². The highest BCUT2D eigenvalue weighted by molar-refractivity contribution is 6.30. The van der Waals surface area contributed by atoms with Gasteiger partial charge in [0.25, 0.3) is 0 Å². The molecule has 8 nitrogen and oxygen atoms in total. The van der Waals surface area contributed by atoms with Crippen LogP contribution in [0.5, 0.6) is 5.75 Å². The minimum Gasteiger partial charge on any atom is -0.497 e. The van der Waals surface area contributed by atoms with Crippen LogP contribution < -0.4 is 4.74 Å². The number of halogens is 1. The molecule has 0 unspecified atom stereocenters. The Morgan fingerprint density at radius 2 is 1.94 bits per heavy atom. The first-order valence-corrected chi connectivity index (χ1v) is 10.1. The van der Waals surface area contributed by atoms with Crippen molar-refractivity contribution in [2.45, 2.75) is 6.54 Å². The number of methoxy groups -OCH3 is 1. The van der Waals surface area contributed by atoms with Gasteiger partial charge in [0.15, 0.2) is 11.5 Å². The number of rotatable bonds is 6. The summed E-state index contributed by atoms with van der Waals surface area (Å²) in [5.41, 5.74) is 2.70. The third-order valence-corrected chi connectivity index (χ3v) is 5.36. The van der Waals surface area contributed by atoms with E-state index in [1.165, 1.54) is 4.68 Å². The highest BCUT2D eigenvalue weighted by Crippen LogP contribution is 2.28. The summed E-state index contributed by atoms with van der Waals surface area (Å²) in [5, 5.41) is 9.54. The molecule has 9 heteroatoms. The van der Waals surface area contributed by atoms with Crippen LogP contribution in [0.2, 0.25) is 5.02 Å². The Kier molecular flexibility index (Phi) is 5.12. The third kappa shape index (κ3) is 3.72. The molecule has 158 valence electrons. The van der Waals surface area contributed by atoms with E-state index in [1.807, 2.05) is 53.2 Å². The van der Waals surface area contributed by atoms with Crippen molar-refractivity contribution in [3.05, 3.63) is 95.3 Å². The zero-order chi connectivity index (χ0) is 22.1. The Labute approximate surface area is 188 Å². The summed E-state index contributed by atoms with van der Waals surface area (Å²) in [5.74, 6) is 0.901. The second-order valence-electron chi connectivity index (χ2n) is 7.12. The zero-order valence-electron chi connectivity index (χ0n) is 17.0. The van der Waals surface area contributed by atoms with E-state index < -0.39 is 0 Å².